The molecule has 1 saturated heterocycles. The fourth-order valence-corrected chi connectivity index (χ4v) is 2.90. The number of esters is 1. The van der Waals surface area contributed by atoms with Crippen LogP contribution in [0.2, 0.25) is 0 Å². The van der Waals surface area contributed by atoms with E-state index in [1.54, 1.807) is 0 Å². The molecule has 5 nitrogen and oxygen atoms in total. The lowest BCUT2D eigenvalue weighted by Gasteiger charge is -2.46. The molecular formula is C17H31NO4. The van der Waals surface area contributed by atoms with Gasteiger partial charge in [-0.1, -0.05) is 12.2 Å². The van der Waals surface area contributed by atoms with Gasteiger partial charge in [0.1, 0.15) is 5.60 Å². The number of nitrogens with two attached hydrogens (primary N) is 1. The van der Waals surface area contributed by atoms with Crippen LogP contribution in [0.15, 0.2) is 12.2 Å². The van der Waals surface area contributed by atoms with Crippen molar-refractivity contribution in [1.29, 1.82) is 0 Å². The normalized spacial score (nSPS) is 28.2. The summed E-state index contributed by atoms with van der Waals surface area (Å²) in [7, 11) is 0. The molecule has 1 aliphatic heterocycles. The van der Waals surface area contributed by atoms with Gasteiger partial charge >= 0.3 is 5.97 Å². The molecule has 1 fully saturated rings. The van der Waals surface area contributed by atoms with Crippen LogP contribution in [-0.2, 0) is 19.0 Å². The maximum atomic E-state index is 12.2. The van der Waals surface area contributed by atoms with Gasteiger partial charge in [-0.2, -0.15) is 0 Å². The molecule has 0 aromatic rings. The Bertz CT molecular complexity index is 411. The standard InChI is InChI=1S/C17H31NO4/c1-11(2)15-12(8-9-18)20-17(6,7)21-13(15)10-14(19)22-16(3,4)5/h12-13,15H,1,8-10,18H2,2-7H3/t12?,13-,15?/m0/s1. The van der Waals surface area contributed by atoms with Gasteiger partial charge in [-0.05, 0) is 54.5 Å². The van der Waals surface area contributed by atoms with Crippen molar-refractivity contribution in [3.63, 3.8) is 0 Å². The van der Waals surface area contributed by atoms with Crippen molar-refractivity contribution < 1.29 is 19.0 Å². The van der Waals surface area contributed by atoms with E-state index in [0.29, 0.717) is 13.0 Å². The zero-order valence-electron chi connectivity index (χ0n) is 14.8. The molecule has 3 atom stereocenters. The second-order valence-electron chi connectivity index (χ2n) is 7.45. The minimum Gasteiger partial charge on any atom is -0.460 e. The topological polar surface area (TPSA) is 70.8 Å². The molecule has 128 valence electrons. The van der Waals surface area contributed by atoms with E-state index in [1.807, 2.05) is 41.5 Å². The van der Waals surface area contributed by atoms with E-state index in [-0.39, 0.29) is 30.5 Å². The Kier molecular flexibility index (Phi) is 6.18. The molecule has 1 rings (SSSR count). The lowest BCUT2D eigenvalue weighted by Crippen LogP contribution is -2.52. The summed E-state index contributed by atoms with van der Waals surface area (Å²) in [6, 6.07) is 0. The lowest BCUT2D eigenvalue weighted by molar-refractivity contribution is -0.316. The van der Waals surface area contributed by atoms with Crippen molar-refractivity contribution in [3.05, 3.63) is 12.2 Å². The fourth-order valence-electron chi connectivity index (χ4n) is 2.90. The lowest BCUT2D eigenvalue weighted by atomic mass is 9.84. The average Bonchev–Trinajstić information content (AvgIpc) is 2.23. The first-order valence-electron chi connectivity index (χ1n) is 7.88. The smallest absolute Gasteiger partial charge is 0.308 e. The van der Waals surface area contributed by atoms with Crippen LogP contribution >= 0.6 is 0 Å². The minimum atomic E-state index is -0.752. The Morgan fingerprint density at radius 2 is 1.82 bits per heavy atom. The van der Waals surface area contributed by atoms with E-state index in [4.69, 9.17) is 19.9 Å². The van der Waals surface area contributed by atoms with Gasteiger partial charge in [-0.3, -0.25) is 4.79 Å². The molecule has 0 spiro atoms. The Morgan fingerprint density at radius 3 is 2.27 bits per heavy atom. The highest BCUT2D eigenvalue weighted by molar-refractivity contribution is 5.70. The highest BCUT2D eigenvalue weighted by atomic mass is 16.7. The largest absolute Gasteiger partial charge is 0.460 e. The van der Waals surface area contributed by atoms with Crippen LogP contribution in [-0.4, -0.2) is 36.1 Å². The van der Waals surface area contributed by atoms with Crippen molar-refractivity contribution >= 4 is 5.97 Å². The molecule has 1 aliphatic rings. The summed E-state index contributed by atoms with van der Waals surface area (Å²) in [6.45, 7) is 15.8. The molecule has 2 unspecified atom stereocenters. The summed E-state index contributed by atoms with van der Waals surface area (Å²) in [4.78, 5) is 12.2. The second kappa shape index (κ2) is 7.11. The molecule has 0 aromatic heterocycles. The van der Waals surface area contributed by atoms with Gasteiger partial charge in [0.2, 0.25) is 0 Å². The van der Waals surface area contributed by atoms with Gasteiger partial charge in [0, 0.05) is 5.92 Å². The third kappa shape index (κ3) is 5.71. The number of hydrogen-bond acceptors (Lipinski definition) is 5. The van der Waals surface area contributed by atoms with E-state index < -0.39 is 11.4 Å². The van der Waals surface area contributed by atoms with E-state index in [0.717, 1.165) is 5.57 Å². The SMILES string of the molecule is C=C(C)C1C(CCN)OC(C)(C)O[C@H]1CC(=O)OC(C)(C)C. The average molecular weight is 313 g/mol. The predicted molar refractivity (Wildman–Crippen MR) is 86.3 cm³/mol. The number of ether oxygens (including phenoxy) is 3. The van der Waals surface area contributed by atoms with Crippen LogP contribution in [0.25, 0.3) is 0 Å². The van der Waals surface area contributed by atoms with Crippen LogP contribution in [0.3, 0.4) is 0 Å². The Balaban J connectivity index is 2.91. The van der Waals surface area contributed by atoms with Crippen LogP contribution in [0.4, 0.5) is 0 Å². The molecule has 2 N–H and O–H groups in total. The third-order valence-electron chi connectivity index (χ3n) is 3.48. The maximum absolute atomic E-state index is 12.2. The van der Waals surface area contributed by atoms with Crippen LogP contribution in [0.5, 0.6) is 0 Å². The van der Waals surface area contributed by atoms with Crippen molar-refractivity contribution in [1.82, 2.24) is 0 Å². The predicted octanol–water partition coefficient (Wildman–Crippen LogP) is 2.78. The Morgan fingerprint density at radius 1 is 1.27 bits per heavy atom. The first kappa shape index (κ1) is 19.1. The van der Waals surface area contributed by atoms with E-state index in [1.165, 1.54) is 0 Å². The highest BCUT2D eigenvalue weighted by Crippen LogP contribution is 2.37. The van der Waals surface area contributed by atoms with Gasteiger partial charge in [0.05, 0.1) is 18.6 Å². The number of carbonyl (C=O) groups excluding carboxylic acids is 1. The number of rotatable bonds is 5. The van der Waals surface area contributed by atoms with Gasteiger partial charge in [-0.15, -0.1) is 0 Å². The Labute approximate surface area is 134 Å². The summed E-state index contributed by atoms with van der Waals surface area (Å²) in [6.07, 6.45) is 0.476. The Hall–Kier alpha value is -0.910. The zero-order valence-corrected chi connectivity index (χ0v) is 14.8. The molecule has 0 radical (unpaired) electrons. The van der Waals surface area contributed by atoms with Gasteiger partial charge < -0.3 is 19.9 Å². The first-order valence-corrected chi connectivity index (χ1v) is 7.88. The number of hydrogen-bond donors (Lipinski definition) is 1. The molecule has 0 bridgehead atoms. The molecule has 1 heterocycles. The van der Waals surface area contributed by atoms with E-state index in [2.05, 4.69) is 6.58 Å². The molecule has 22 heavy (non-hydrogen) atoms. The molecular weight excluding hydrogens is 282 g/mol. The van der Waals surface area contributed by atoms with Crippen LogP contribution < -0.4 is 5.73 Å². The molecule has 5 heteroatoms. The van der Waals surface area contributed by atoms with Crippen molar-refractivity contribution in [3.8, 4) is 0 Å². The van der Waals surface area contributed by atoms with Gasteiger partial charge in [-0.25, -0.2) is 0 Å². The first-order chi connectivity index (χ1) is 9.95. The second-order valence-corrected chi connectivity index (χ2v) is 7.45. The van der Waals surface area contributed by atoms with Crippen LogP contribution in [0, 0.1) is 5.92 Å². The van der Waals surface area contributed by atoms with Crippen molar-refractivity contribution in [2.45, 2.75) is 78.0 Å². The van der Waals surface area contributed by atoms with Crippen molar-refractivity contribution in [2.75, 3.05) is 6.54 Å². The monoisotopic (exact) mass is 313 g/mol. The van der Waals surface area contributed by atoms with Crippen molar-refractivity contribution in [2.24, 2.45) is 11.7 Å². The quantitative estimate of drug-likeness (QED) is 0.624. The van der Waals surface area contributed by atoms with E-state index >= 15 is 0 Å². The van der Waals surface area contributed by atoms with E-state index in [9.17, 15) is 4.79 Å². The number of carbonyl (C=O) groups is 1. The summed E-state index contributed by atoms with van der Waals surface area (Å²) < 4.78 is 17.4. The molecule has 0 aromatic carbocycles. The third-order valence-corrected chi connectivity index (χ3v) is 3.48. The summed E-state index contributed by atoms with van der Waals surface area (Å²) in [5.74, 6) is -1.09. The summed E-state index contributed by atoms with van der Waals surface area (Å²) in [5.41, 5.74) is 6.12. The molecule has 0 amide bonds. The fraction of sp³-hybridized carbons (Fsp3) is 0.824. The maximum Gasteiger partial charge on any atom is 0.308 e. The molecule has 0 saturated carbocycles. The summed E-state index contributed by atoms with van der Waals surface area (Å²) in [5, 5.41) is 0. The molecule has 0 aliphatic carbocycles. The van der Waals surface area contributed by atoms with Gasteiger partial charge in [0.25, 0.3) is 0 Å². The highest BCUT2D eigenvalue weighted by Gasteiger charge is 2.44. The minimum absolute atomic E-state index is 0.0657. The van der Waals surface area contributed by atoms with Crippen LogP contribution in [0.1, 0.15) is 54.4 Å². The van der Waals surface area contributed by atoms with Gasteiger partial charge in [0.15, 0.2) is 5.79 Å². The zero-order chi connectivity index (χ0) is 17.1. The summed E-state index contributed by atoms with van der Waals surface area (Å²) >= 11 is 0.